The van der Waals surface area contributed by atoms with Gasteiger partial charge in [0, 0.05) is 16.7 Å². The number of rotatable bonds is 7. The van der Waals surface area contributed by atoms with Gasteiger partial charge in [0.2, 0.25) is 0 Å². The highest BCUT2D eigenvalue weighted by atomic mass is 35.5. The summed E-state index contributed by atoms with van der Waals surface area (Å²) in [4.78, 5) is 32.8. The van der Waals surface area contributed by atoms with E-state index >= 15 is 0 Å². The van der Waals surface area contributed by atoms with Crippen LogP contribution in [0.25, 0.3) is 0 Å². The van der Waals surface area contributed by atoms with Gasteiger partial charge >= 0.3 is 6.09 Å². The fourth-order valence-electron chi connectivity index (χ4n) is 5.09. The molecule has 9 nitrogen and oxygen atoms in total. The average molecular weight is 656 g/mol. The average Bonchev–Trinajstić information content (AvgIpc) is 3.39. The Morgan fingerprint density at radius 3 is 2.52 bits per heavy atom. The number of hydrogen-bond acceptors (Lipinski definition) is 7. The van der Waals surface area contributed by atoms with Gasteiger partial charge in [-0.2, -0.15) is 4.99 Å². The lowest BCUT2D eigenvalue weighted by Crippen LogP contribution is -2.45. The van der Waals surface area contributed by atoms with Crippen LogP contribution in [-0.2, 0) is 25.8 Å². The van der Waals surface area contributed by atoms with Crippen molar-refractivity contribution in [3.8, 4) is 11.5 Å². The minimum atomic E-state index is -3.33. The van der Waals surface area contributed by atoms with E-state index in [0.717, 1.165) is 11.1 Å². The molecule has 232 valence electrons. The lowest BCUT2D eigenvalue weighted by atomic mass is 10.1. The second kappa shape index (κ2) is 12.8. The van der Waals surface area contributed by atoms with E-state index in [9.17, 15) is 18.0 Å². The third-order valence-corrected chi connectivity index (χ3v) is 10.4. The number of benzene rings is 3. The Kier molecular flexibility index (Phi) is 9.29. The van der Waals surface area contributed by atoms with E-state index in [1.54, 1.807) is 43.9 Å². The van der Waals surface area contributed by atoms with Crippen LogP contribution in [-0.4, -0.2) is 60.0 Å². The first-order valence-corrected chi connectivity index (χ1v) is 17.2. The summed E-state index contributed by atoms with van der Waals surface area (Å²) in [5.74, 6) is 0.258. The topological polar surface area (TPSA) is 114 Å². The number of hydrogen-bond donors (Lipinski definition) is 1. The van der Waals surface area contributed by atoms with Crippen LogP contribution in [0.5, 0.6) is 11.5 Å². The Morgan fingerprint density at radius 1 is 1.07 bits per heavy atom. The second-order valence-electron chi connectivity index (χ2n) is 11.8. The van der Waals surface area contributed by atoms with E-state index in [1.807, 2.05) is 61.5 Å². The Morgan fingerprint density at radius 2 is 1.82 bits per heavy atom. The summed E-state index contributed by atoms with van der Waals surface area (Å²) in [5.41, 5.74) is 1.55. The van der Waals surface area contributed by atoms with Crippen molar-refractivity contribution < 1.29 is 27.5 Å². The van der Waals surface area contributed by atoms with Crippen molar-refractivity contribution in [2.24, 2.45) is 4.99 Å². The molecule has 12 heteroatoms. The molecular weight excluding hydrogens is 622 g/mol. The van der Waals surface area contributed by atoms with E-state index in [4.69, 9.17) is 21.1 Å². The van der Waals surface area contributed by atoms with Crippen LogP contribution >= 0.6 is 23.4 Å². The molecule has 44 heavy (non-hydrogen) atoms. The van der Waals surface area contributed by atoms with Crippen LogP contribution in [0.15, 0.2) is 77.8 Å². The summed E-state index contributed by atoms with van der Waals surface area (Å²) in [6.07, 6.45) is -0.560. The van der Waals surface area contributed by atoms with Crippen molar-refractivity contribution in [3.63, 3.8) is 0 Å². The van der Waals surface area contributed by atoms with Crippen molar-refractivity contribution in [3.05, 3.63) is 88.9 Å². The number of anilines is 1. The molecule has 5 rings (SSSR count). The van der Waals surface area contributed by atoms with Gasteiger partial charge < -0.3 is 19.7 Å². The van der Waals surface area contributed by atoms with Gasteiger partial charge in [-0.15, -0.1) is 0 Å². The summed E-state index contributed by atoms with van der Waals surface area (Å²) in [6, 6.07) is 20.4. The summed E-state index contributed by atoms with van der Waals surface area (Å²) >= 11 is 7.68. The molecule has 0 unspecified atom stereocenters. The number of thioether (sulfide) groups is 1. The molecule has 0 saturated carbocycles. The molecule has 0 aromatic heterocycles. The molecule has 0 spiro atoms. The molecular formula is C32H34ClN3O6S2. The molecule has 2 saturated heterocycles. The van der Waals surface area contributed by atoms with E-state index in [1.165, 1.54) is 11.8 Å². The first-order chi connectivity index (χ1) is 20.8. The quantitative estimate of drug-likeness (QED) is 0.321. The fourth-order valence-corrected chi connectivity index (χ4v) is 9.17. The largest absolute Gasteiger partial charge is 0.455 e. The monoisotopic (exact) mass is 655 g/mol. The Bertz CT molecular complexity index is 1690. The SMILES string of the molecule is Cc1cccc(Oc2ccc(Cl)cc2N2C(=NC(=O)[C@H](Cc3ccccc3)NC(=O)OC(C)(C)C)S[C@@H]3CS(=O)(=O)C[C@@H]32)c1. The number of amides is 2. The first kappa shape index (κ1) is 31.9. The number of amidine groups is 1. The number of halogens is 1. The molecule has 1 N–H and O–H groups in total. The van der Waals surface area contributed by atoms with E-state index in [2.05, 4.69) is 10.3 Å². The van der Waals surface area contributed by atoms with Crippen molar-refractivity contribution in [2.45, 2.75) is 57.1 Å². The van der Waals surface area contributed by atoms with Gasteiger partial charge in [-0.25, -0.2) is 13.2 Å². The van der Waals surface area contributed by atoms with Crippen LogP contribution in [0, 0.1) is 6.92 Å². The van der Waals surface area contributed by atoms with Gasteiger partial charge in [0.15, 0.2) is 20.8 Å². The van der Waals surface area contributed by atoms with E-state index in [0.29, 0.717) is 27.4 Å². The summed E-state index contributed by atoms with van der Waals surface area (Å²) in [6.45, 7) is 7.17. The minimum Gasteiger partial charge on any atom is -0.455 e. The zero-order valence-electron chi connectivity index (χ0n) is 24.8. The van der Waals surface area contributed by atoms with Gasteiger partial charge in [-0.3, -0.25) is 4.79 Å². The number of aryl methyl sites for hydroxylation is 1. The third kappa shape index (κ3) is 7.94. The molecule has 2 amide bonds. The zero-order chi connectivity index (χ0) is 31.6. The minimum absolute atomic E-state index is 0.0513. The Hall–Kier alpha value is -3.54. The van der Waals surface area contributed by atoms with Crippen LogP contribution in [0.2, 0.25) is 5.02 Å². The molecule has 0 radical (unpaired) electrons. The van der Waals surface area contributed by atoms with Gasteiger partial charge in [0.25, 0.3) is 5.91 Å². The van der Waals surface area contributed by atoms with Crippen LogP contribution in [0.4, 0.5) is 10.5 Å². The summed E-state index contributed by atoms with van der Waals surface area (Å²) < 4.78 is 37.1. The van der Waals surface area contributed by atoms with Gasteiger partial charge in [0.05, 0.1) is 23.2 Å². The van der Waals surface area contributed by atoms with Crippen molar-refractivity contribution in [2.75, 3.05) is 16.4 Å². The highest BCUT2D eigenvalue weighted by Gasteiger charge is 2.50. The number of fused-ring (bicyclic) bond motifs is 1. The maximum atomic E-state index is 13.8. The number of carbonyl (C=O) groups excluding carboxylic acids is 2. The molecule has 0 aliphatic carbocycles. The summed E-state index contributed by atoms with van der Waals surface area (Å²) in [7, 11) is -3.33. The van der Waals surface area contributed by atoms with Crippen molar-refractivity contribution >= 4 is 56.1 Å². The Labute approximate surface area is 266 Å². The van der Waals surface area contributed by atoms with Gasteiger partial charge in [0.1, 0.15) is 17.4 Å². The standard InChI is InChI=1S/C32H34ClN3O6S2/c1-20-9-8-12-23(15-20)41-27-14-13-22(33)17-25(27)36-26-18-44(39,40)19-28(26)43-30(36)35-29(37)24(16-21-10-6-5-7-11-21)34-31(38)42-32(2,3)4/h5-15,17,24,26,28H,16,18-19H2,1-4H3,(H,34,38)/t24-,26-,28+/m0/s1. The van der Waals surface area contributed by atoms with Gasteiger partial charge in [-0.1, -0.05) is 65.8 Å². The highest BCUT2D eigenvalue weighted by molar-refractivity contribution is 8.16. The third-order valence-electron chi connectivity index (χ3n) is 6.94. The molecule has 0 bridgehead atoms. The number of carbonyl (C=O) groups is 2. The molecule has 2 heterocycles. The predicted octanol–water partition coefficient (Wildman–Crippen LogP) is 6.18. The van der Waals surface area contributed by atoms with Crippen LogP contribution in [0.3, 0.4) is 0 Å². The highest BCUT2D eigenvalue weighted by Crippen LogP contribution is 2.45. The van der Waals surface area contributed by atoms with Crippen molar-refractivity contribution in [1.82, 2.24) is 5.32 Å². The maximum absolute atomic E-state index is 13.8. The number of nitrogens with one attached hydrogen (secondary N) is 1. The number of sulfone groups is 1. The molecule has 2 fully saturated rings. The first-order valence-electron chi connectivity index (χ1n) is 14.1. The number of alkyl carbamates (subject to hydrolysis) is 1. The van der Waals surface area contributed by atoms with E-state index < -0.39 is 39.5 Å². The van der Waals surface area contributed by atoms with Crippen LogP contribution in [0.1, 0.15) is 31.9 Å². The number of nitrogens with zero attached hydrogens (tertiary/aromatic N) is 2. The van der Waals surface area contributed by atoms with Crippen LogP contribution < -0.4 is 15.0 Å². The van der Waals surface area contributed by atoms with E-state index in [-0.39, 0.29) is 23.2 Å². The number of aliphatic imine (C=N–C) groups is 1. The lowest BCUT2D eigenvalue weighted by molar-refractivity contribution is -0.119. The molecule has 2 aliphatic heterocycles. The molecule has 3 atom stereocenters. The summed E-state index contributed by atoms with van der Waals surface area (Å²) in [5, 5.41) is 3.04. The molecule has 2 aliphatic rings. The molecule has 3 aromatic carbocycles. The second-order valence-corrected chi connectivity index (χ2v) is 15.6. The Balaban J connectivity index is 1.53. The maximum Gasteiger partial charge on any atom is 0.408 e. The number of ether oxygens (including phenoxy) is 2. The normalized spacial score (nSPS) is 20.7. The fraction of sp³-hybridized carbons (Fsp3) is 0.344. The molecule has 3 aromatic rings. The van der Waals surface area contributed by atoms with Crippen molar-refractivity contribution in [1.29, 1.82) is 0 Å². The van der Waals surface area contributed by atoms with Gasteiger partial charge in [-0.05, 0) is 69.2 Å². The smallest absolute Gasteiger partial charge is 0.408 e. The lowest BCUT2D eigenvalue weighted by Gasteiger charge is -2.27. The zero-order valence-corrected chi connectivity index (χ0v) is 27.2. The predicted molar refractivity (Wildman–Crippen MR) is 175 cm³/mol.